The molecule has 2 heterocycles. The van der Waals surface area contributed by atoms with Gasteiger partial charge in [-0.1, -0.05) is 0 Å². The van der Waals surface area contributed by atoms with Gasteiger partial charge in [-0.3, -0.25) is 0 Å². The molecule has 2 fully saturated rings. The number of carbonyl (C=O) groups excluding carboxylic acids is 1. The first kappa shape index (κ1) is 14.5. The van der Waals surface area contributed by atoms with Crippen LogP contribution in [0.4, 0.5) is 10.5 Å². The van der Waals surface area contributed by atoms with E-state index < -0.39 is 0 Å². The Kier molecular flexibility index (Phi) is 3.88. The molecule has 1 saturated heterocycles. The van der Waals surface area contributed by atoms with Crippen LogP contribution in [-0.2, 0) is 9.47 Å². The van der Waals surface area contributed by atoms with Crippen molar-refractivity contribution in [2.75, 3.05) is 31.7 Å². The number of urea groups is 1. The fourth-order valence-corrected chi connectivity index (χ4v) is 2.56. The number of carbonyl (C=O) groups is 1. The van der Waals surface area contributed by atoms with Crippen molar-refractivity contribution in [1.29, 1.82) is 0 Å². The number of ether oxygens (including phenoxy) is 2. The van der Waals surface area contributed by atoms with E-state index in [0.717, 1.165) is 29.8 Å². The average Bonchev–Trinajstić information content (AvgIpc) is 3.34. The summed E-state index contributed by atoms with van der Waals surface area (Å²) >= 11 is 0. The number of fused-ring (bicyclic) bond motifs is 1. The number of nitrogens with zero attached hydrogens (tertiary/aromatic N) is 1. The summed E-state index contributed by atoms with van der Waals surface area (Å²) in [6.07, 6.45) is 2.20. The smallest absolute Gasteiger partial charge is 0.319 e. The molecule has 7 nitrogen and oxygen atoms in total. The third kappa shape index (κ3) is 3.46. The van der Waals surface area contributed by atoms with Crippen molar-refractivity contribution in [3.8, 4) is 0 Å². The zero-order chi connectivity index (χ0) is 15.6. The normalized spacial score (nSPS) is 21.3. The minimum Gasteiger partial charge on any atom is -0.440 e. The standard InChI is InChI=1S/C16H19N3O4/c20-16(17-8-12-9-21-5-6-22-12)18-11-3-4-14-13(7-11)19-15(23-14)10-1-2-10/h3-4,7,10,12H,1-2,5-6,8-9H2,(H2,17,18,20). The first-order valence-electron chi connectivity index (χ1n) is 7.92. The number of benzene rings is 1. The molecule has 23 heavy (non-hydrogen) atoms. The number of rotatable bonds is 4. The van der Waals surface area contributed by atoms with Crippen LogP contribution in [0.2, 0.25) is 0 Å². The van der Waals surface area contributed by atoms with Crippen LogP contribution >= 0.6 is 0 Å². The molecule has 1 atom stereocenters. The molecule has 0 spiro atoms. The maximum atomic E-state index is 12.0. The van der Waals surface area contributed by atoms with E-state index in [1.807, 2.05) is 18.2 Å². The lowest BCUT2D eigenvalue weighted by molar-refractivity contribution is -0.0852. The molecule has 1 saturated carbocycles. The van der Waals surface area contributed by atoms with E-state index in [0.29, 0.717) is 38.0 Å². The molecule has 2 aromatic rings. The van der Waals surface area contributed by atoms with Gasteiger partial charge in [0.2, 0.25) is 0 Å². The zero-order valence-electron chi connectivity index (χ0n) is 12.7. The summed E-state index contributed by atoms with van der Waals surface area (Å²) in [5, 5.41) is 5.58. The van der Waals surface area contributed by atoms with Crippen molar-refractivity contribution < 1.29 is 18.7 Å². The van der Waals surface area contributed by atoms with E-state index in [2.05, 4.69) is 15.6 Å². The Balaban J connectivity index is 1.35. The average molecular weight is 317 g/mol. The van der Waals surface area contributed by atoms with Crippen molar-refractivity contribution in [1.82, 2.24) is 10.3 Å². The van der Waals surface area contributed by atoms with Gasteiger partial charge in [0.15, 0.2) is 11.5 Å². The summed E-state index contributed by atoms with van der Waals surface area (Å²) in [5.74, 6) is 1.27. The highest BCUT2D eigenvalue weighted by Crippen LogP contribution is 2.40. The molecule has 0 bridgehead atoms. The van der Waals surface area contributed by atoms with Crippen LogP contribution in [0.25, 0.3) is 11.1 Å². The van der Waals surface area contributed by atoms with Crippen molar-refractivity contribution in [3.05, 3.63) is 24.1 Å². The number of hydrogen-bond donors (Lipinski definition) is 2. The lowest BCUT2D eigenvalue weighted by Gasteiger charge is -2.23. The predicted molar refractivity (Wildman–Crippen MR) is 83.6 cm³/mol. The maximum Gasteiger partial charge on any atom is 0.319 e. The van der Waals surface area contributed by atoms with Gasteiger partial charge in [-0.15, -0.1) is 0 Å². The number of aromatic nitrogens is 1. The second-order valence-electron chi connectivity index (χ2n) is 5.91. The van der Waals surface area contributed by atoms with Crippen LogP contribution in [0, 0.1) is 0 Å². The molecule has 0 radical (unpaired) electrons. The van der Waals surface area contributed by atoms with Crippen LogP contribution in [0.3, 0.4) is 0 Å². The molecule has 2 N–H and O–H groups in total. The van der Waals surface area contributed by atoms with Gasteiger partial charge in [0.05, 0.1) is 25.9 Å². The number of anilines is 1. The fourth-order valence-electron chi connectivity index (χ4n) is 2.56. The Morgan fingerprint density at radius 3 is 3.00 bits per heavy atom. The molecule has 2 amide bonds. The highest BCUT2D eigenvalue weighted by atomic mass is 16.6. The van der Waals surface area contributed by atoms with Gasteiger partial charge in [0.25, 0.3) is 0 Å². The Bertz CT molecular complexity index is 704. The Labute approximate surface area is 133 Å². The minimum absolute atomic E-state index is 0.0892. The molecule has 4 rings (SSSR count). The number of amides is 2. The third-order valence-electron chi connectivity index (χ3n) is 3.96. The Morgan fingerprint density at radius 2 is 2.22 bits per heavy atom. The van der Waals surface area contributed by atoms with Crippen LogP contribution in [0.15, 0.2) is 22.6 Å². The number of hydrogen-bond acceptors (Lipinski definition) is 5. The highest BCUT2D eigenvalue weighted by Gasteiger charge is 2.28. The molecule has 2 aliphatic rings. The van der Waals surface area contributed by atoms with Crippen molar-refractivity contribution in [3.63, 3.8) is 0 Å². The molecular weight excluding hydrogens is 298 g/mol. The topological polar surface area (TPSA) is 85.6 Å². The largest absolute Gasteiger partial charge is 0.440 e. The summed E-state index contributed by atoms with van der Waals surface area (Å²) in [5.41, 5.74) is 2.21. The summed E-state index contributed by atoms with van der Waals surface area (Å²) in [6.45, 7) is 2.11. The zero-order valence-corrected chi connectivity index (χ0v) is 12.7. The van der Waals surface area contributed by atoms with E-state index >= 15 is 0 Å². The van der Waals surface area contributed by atoms with Crippen LogP contribution in [-0.4, -0.2) is 43.5 Å². The lowest BCUT2D eigenvalue weighted by Crippen LogP contribution is -2.41. The lowest BCUT2D eigenvalue weighted by atomic mass is 10.3. The summed E-state index contributed by atoms with van der Waals surface area (Å²) in [7, 11) is 0. The van der Waals surface area contributed by atoms with Gasteiger partial charge < -0.3 is 24.5 Å². The van der Waals surface area contributed by atoms with Gasteiger partial charge in [0, 0.05) is 18.2 Å². The van der Waals surface area contributed by atoms with E-state index in [-0.39, 0.29) is 12.1 Å². The minimum atomic E-state index is -0.274. The third-order valence-corrected chi connectivity index (χ3v) is 3.96. The van der Waals surface area contributed by atoms with Crippen molar-refractivity contribution >= 4 is 22.8 Å². The molecule has 7 heteroatoms. The van der Waals surface area contributed by atoms with Gasteiger partial charge in [-0.2, -0.15) is 0 Å². The second kappa shape index (κ2) is 6.17. The predicted octanol–water partition coefficient (Wildman–Crippen LogP) is 2.24. The van der Waals surface area contributed by atoms with Crippen LogP contribution in [0.5, 0.6) is 0 Å². The van der Waals surface area contributed by atoms with E-state index in [1.54, 1.807) is 0 Å². The Hall–Kier alpha value is -2.12. The maximum absolute atomic E-state index is 12.0. The quantitative estimate of drug-likeness (QED) is 0.903. The van der Waals surface area contributed by atoms with Gasteiger partial charge in [-0.05, 0) is 31.0 Å². The van der Waals surface area contributed by atoms with Crippen LogP contribution < -0.4 is 10.6 Å². The highest BCUT2D eigenvalue weighted by molar-refractivity contribution is 5.91. The van der Waals surface area contributed by atoms with Gasteiger partial charge in [-0.25, -0.2) is 9.78 Å². The van der Waals surface area contributed by atoms with Crippen LogP contribution in [0.1, 0.15) is 24.7 Å². The molecule has 1 aromatic carbocycles. The SMILES string of the molecule is O=C(NCC1COCCO1)Nc1ccc2oc(C3CC3)nc2c1. The van der Waals surface area contributed by atoms with E-state index in [9.17, 15) is 4.79 Å². The molecular formula is C16H19N3O4. The van der Waals surface area contributed by atoms with Crippen molar-refractivity contribution in [2.24, 2.45) is 0 Å². The first-order valence-corrected chi connectivity index (χ1v) is 7.92. The van der Waals surface area contributed by atoms with E-state index in [1.165, 1.54) is 0 Å². The molecule has 1 unspecified atom stereocenters. The molecule has 122 valence electrons. The molecule has 1 aromatic heterocycles. The summed E-state index contributed by atoms with van der Waals surface area (Å²) < 4.78 is 16.5. The summed E-state index contributed by atoms with van der Waals surface area (Å²) in [6, 6.07) is 5.19. The second-order valence-corrected chi connectivity index (χ2v) is 5.91. The monoisotopic (exact) mass is 317 g/mol. The summed E-state index contributed by atoms with van der Waals surface area (Å²) in [4.78, 5) is 16.4. The number of oxazole rings is 1. The van der Waals surface area contributed by atoms with E-state index in [4.69, 9.17) is 13.9 Å². The Morgan fingerprint density at radius 1 is 1.30 bits per heavy atom. The molecule has 1 aliphatic heterocycles. The first-order chi connectivity index (χ1) is 11.3. The fraction of sp³-hybridized carbons (Fsp3) is 0.500. The molecule has 1 aliphatic carbocycles. The van der Waals surface area contributed by atoms with Gasteiger partial charge >= 0.3 is 6.03 Å². The number of nitrogens with one attached hydrogen (secondary N) is 2. The van der Waals surface area contributed by atoms with Gasteiger partial charge in [0.1, 0.15) is 5.52 Å². The van der Waals surface area contributed by atoms with Crippen molar-refractivity contribution in [2.45, 2.75) is 24.9 Å².